The monoisotopic (exact) mass is 283 g/mol. The first-order chi connectivity index (χ1) is 6.86. The van der Waals surface area contributed by atoms with Gasteiger partial charge in [0.15, 0.2) is 0 Å². The van der Waals surface area contributed by atoms with Gasteiger partial charge in [0, 0.05) is 9.38 Å². The van der Waals surface area contributed by atoms with E-state index < -0.39 is 23.2 Å². The molecule has 0 aliphatic heterocycles. The molecular formula is C7H2BrF4N3. The number of hydrogen-bond acceptors (Lipinski definition) is 1. The van der Waals surface area contributed by atoms with Gasteiger partial charge in [0.25, 0.3) is 0 Å². The molecule has 0 aliphatic carbocycles. The molecule has 0 N–H and O–H groups in total. The molecule has 0 aliphatic rings. The highest BCUT2D eigenvalue weighted by Gasteiger charge is 2.34. The molecule has 0 atom stereocenters. The fourth-order valence-corrected chi connectivity index (χ4v) is 1.36. The number of alkyl halides is 3. The lowest BCUT2D eigenvalue weighted by molar-refractivity contribution is -0.137. The van der Waals surface area contributed by atoms with E-state index in [4.69, 9.17) is 5.53 Å². The predicted molar refractivity (Wildman–Crippen MR) is 47.9 cm³/mol. The first-order valence-corrected chi connectivity index (χ1v) is 4.27. The summed E-state index contributed by atoms with van der Waals surface area (Å²) in [5.41, 5.74) is 5.66. The van der Waals surface area contributed by atoms with Crippen LogP contribution in [-0.2, 0) is 6.18 Å². The lowest BCUT2D eigenvalue weighted by Crippen LogP contribution is -2.06. The van der Waals surface area contributed by atoms with Gasteiger partial charge >= 0.3 is 6.18 Å². The van der Waals surface area contributed by atoms with Crippen LogP contribution in [0.25, 0.3) is 10.4 Å². The Balaban J connectivity index is 3.54. The van der Waals surface area contributed by atoms with Crippen molar-refractivity contribution in [3.63, 3.8) is 0 Å². The Morgan fingerprint density at radius 1 is 1.33 bits per heavy atom. The molecule has 0 heterocycles. The zero-order valence-corrected chi connectivity index (χ0v) is 8.47. The maximum absolute atomic E-state index is 13.0. The maximum atomic E-state index is 13.0. The van der Waals surface area contributed by atoms with E-state index in [1.165, 1.54) is 0 Å². The van der Waals surface area contributed by atoms with Crippen molar-refractivity contribution in [1.29, 1.82) is 0 Å². The van der Waals surface area contributed by atoms with E-state index in [1.54, 1.807) is 0 Å². The molecule has 1 aromatic carbocycles. The van der Waals surface area contributed by atoms with Gasteiger partial charge in [-0.3, -0.25) is 0 Å². The van der Waals surface area contributed by atoms with Crippen LogP contribution in [0.4, 0.5) is 23.2 Å². The molecule has 0 saturated heterocycles. The van der Waals surface area contributed by atoms with Gasteiger partial charge in [0.05, 0.1) is 11.3 Å². The van der Waals surface area contributed by atoms with Crippen LogP contribution in [0.5, 0.6) is 0 Å². The van der Waals surface area contributed by atoms with Crippen LogP contribution in [0, 0.1) is 5.82 Å². The molecule has 3 nitrogen and oxygen atoms in total. The van der Waals surface area contributed by atoms with E-state index in [2.05, 4.69) is 26.0 Å². The number of rotatable bonds is 1. The Morgan fingerprint density at radius 3 is 2.40 bits per heavy atom. The average molecular weight is 284 g/mol. The number of hydrogen-bond donors (Lipinski definition) is 0. The molecule has 8 heteroatoms. The van der Waals surface area contributed by atoms with Gasteiger partial charge in [-0.25, -0.2) is 4.39 Å². The second kappa shape index (κ2) is 4.08. The summed E-state index contributed by atoms with van der Waals surface area (Å²) in [5, 5.41) is 2.68. The van der Waals surface area contributed by atoms with E-state index in [1.807, 2.05) is 0 Å². The van der Waals surface area contributed by atoms with Crippen LogP contribution < -0.4 is 0 Å². The van der Waals surface area contributed by atoms with E-state index in [9.17, 15) is 17.6 Å². The van der Waals surface area contributed by atoms with Crippen LogP contribution in [-0.4, -0.2) is 0 Å². The van der Waals surface area contributed by atoms with Crippen molar-refractivity contribution in [1.82, 2.24) is 0 Å². The van der Waals surface area contributed by atoms with E-state index in [0.29, 0.717) is 6.07 Å². The molecule has 0 amide bonds. The summed E-state index contributed by atoms with van der Waals surface area (Å²) in [6.45, 7) is 0. The zero-order chi connectivity index (χ0) is 11.6. The number of benzene rings is 1. The molecule has 0 bridgehead atoms. The Kier molecular flexibility index (Phi) is 3.21. The van der Waals surface area contributed by atoms with E-state index in [-0.39, 0.29) is 4.47 Å². The van der Waals surface area contributed by atoms with Gasteiger partial charge < -0.3 is 0 Å². The minimum Gasteiger partial charge on any atom is -0.206 e. The van der Waals surface area contributed by atoms with Gasteiger partial charge in [-0.05, 0) is 17.7 Å². The highest BCUT2D eigenvalue weighted by Crippen LogP contribution is 2.39. The highest BCUT2D eigenvalue weighted by molar-refractivity contribution is 9.10. The molecule has 0 spiro atoms. The molecule has 15 heavy (non-hydrogen) atoms. The topological polar surface area (TPSA) is 48.8 Å². The average Bonchev–Trinajstić information content (AvgIpc) is 2.07. The smallest absolute Gasteiger partial charge is 0.206 e. The quantitative estimate of drug-likeness (QED) is 0.314. The fraction of sp³-hybridized carbons (Fsp3) is 0.143. The van der Waals surface area contributed by atoms with Gasteiger partial charge in [-0.1, -0.05) is 21.0 Å². The highest BCUT2D eigenvalue weighted by atomic mass is 79.9. The Morgan fingerprint density at radius 2 is 1.93 bits per heavy atom. The standard InChI is InChI=1S/C7H2BrF4N3/c8-3-1-4(7(10,11)12)6(14-15-13)5(9)2-3/h1-2H. The molecule has 1 aromatic rings. The van der Waals surface area contributed by atoms with Crippen molar-refractivity contribution in [2.45, 2.75) is 6.18 Å². The predicted octanol–water partition coefficient (Wildman–Crippen LogP) is 4.55. The third kappa shape index (κ3) is 2.60. The zero-order valence-electron chi connectivity index (χ0n) is 6.89. The summed E-state index contributed by atoms with van der Waals surface area (Å²) in [6.07, 6.45) is -4.77. The van der Waals surface area contributed by atoms with E-state index in [0.717, 1.165) is 6.07 Å². The second-order valence-electron chi connectivity index (χ2n) is 2.47. The molecular weight excluding hydrogens is 282 g/mol. The fourth-order valence-electron chi connectivity index (χ4n) is 0.928. The molecule has 1 rings (SSSR count). The summed E-state index contributed by atoms with van der Waals surface area (Å²) < 4.78 is 50.0. The van der Waals surface area contributed by atoms with Crippen molar-refractivity contribution in [2.75, 3.05) is 0 Å². The second-order valence-corrected chi connectivity index (χ2v) is 3.39. The van der Waals surface area contributed by atoms with Gasteiger partial charge in [-0.2, -0.15) is 13.2 Å². The Hall–Kier alpha value is -1.27. The third-order valence-electron chi connectivity index (χ3n) is 1.48. The lowest BCUT2D eigenvalue weighted by atomic mass is 10.1. The summed E-state index contributed by atoms with van der Waals surface area (Å²) in [7, 11) is 0. The van der Waals surface area contributed by atoms with Crippen LogP contribution in [0.1, 0.15) is 5.56 Å². The molecule has 0 fully saturated rings. The van der Waals surface area contributed by atoms with Crippen molar-refractivity contribution in [3.8, 4) is 0 Å². The Labute approximate surface area is 89.5 Å². The van der Waals surface area contributed by atoms with Crippen molar-refractivity contribution < 1.29 is 17.6 Å². The van der Waals surface area contributed by atoms with Crippen LogP contribution in [0.3, 0.4) is 0 Å². The minimum absolute atomic E-state index is 0.0794. The lowest BCUT2D eigenvalue weighted by Gasteiger charge is -2.10. The normalized spacial score (nSPS) is 11.0. The number of nitrogens with zero attached hydrogens (tertiary/aromatic N) is 3. The summed E-state index contributed by atoms with van der Waals surface area (Å²) >= 11 is 2.72. The van der Waals surface area contributed by atoms with Crippen LogP contribution in [0.15, 0.2) is 21.7 Å². The van der Waals surface area contributed by atoms with Crippen molar-refractivity contribution >= 4 is 21.6 Å². The summed E-state index contributed by atoms with van der Waals surface area (Å²) in [5.74, 6) is -1.23. The van der Waals surface area contributed by atoms with Gasteiger partial charge in [-0.15, -0.1) is 0 Å². The molecule has 0 radical (unpaired) electrons. The maximum Gasteiger partial charge on any atom is 0.417 e. The molecule has 0 aromatic heterocycles. The van der Waals surface area contributed by atoms with Crippen molar-refractivity contribution in [3.05, 3.63) is 38.4 Å². The summed E-state index contributed by atoms with van der Waals surface area (Å²) in [6, 6.07) is 1.44. The Bertz CT molecular complexity index is 437. The van der Waals surface area contributed by atoms with Crippen LogP contribution >= 0.6 is 15.9 Å². The SMILES string of the molecule is [N-]=[N+]=Nc1c(F)cc(Br)cc1C(F)(F)F. The number of halogens is 5. The number of azide groups is 1. The van der Waals surface area contributed by atoms with Gasteiger partial charge in [0.1, 0.15) is 5.82 Å². The molecule has 80 valence electrons. The first kappa shape index (κ1) is 11.8. The van der Waals surface area contributed by atoms with Crippen LogP contribution in [0.2, 0.25) is 0 Å². The minimum atomic E-state index is -4.77. The molecule has 0 saturated carbocycles. The first-order valence-electron chi connectivity index (χ1n) is 3.47. The van der Waals surface area contributed by atoms with Gasteiger partial charge in [0.2, 0.25) is 0 Å². The largest absolute Gasteiger partial charge is 0.417 e. The van der Waals surface area contributed by atoms with Crippen molar-refractivity contribution in [2.24, 2.45) is 5.11 Å². The van der Waals surface area contributed by atoms with E-state index >= 15 is 0 Å². The third-order valence-corrected chi connectivity index (χ3v) is 1.94. The summed E-state index contributed by atoms with van der Waals surface area (Å²) in [4.78, 5) is 2.14. The molecule has 0 unspecified atom stereocenters.